The summed E-state index contributed by atoms with van der Waals surface area (Å²) in [6.45, 7) is 1.73. The predicted octanol–water partition coefficient (Wildman–Crippen LogP) is 3.25. The molecule has 0 aliphatic heterocycles. The molecule has 138 valence electrons. The Morgan fingerprint density at radius 1 is 1.12 bits per heavy atom. The molecule has 0 aromatic heterocycles. The zero-order chi connectivity index (χ0) is 19.2. The smallest absolute Gasteiger partial charge is 0.240 e. The molecule has 5 nitrogen and oxygen atoms in total. The zero-order valence-electron chi connectivity index (χ0n) is 14.4. The monoisotopic (exact) mass is 394 g/mol. The van der Waals surface area contributed by atoms with Crippen LogP contribution in [-0.2, 0) is 14.6 Å². The van der Waals surface area contributed by atoms with Crippen molar-refractivity contribution >= 4 is 33.2 Å². The first-order valence-corrected chi connectivity index (χ1v) is 10.7. The van der Waals surface area contributed by atoms with Crippen LogP contribution in [0.15, 0.2) is 63.4 Å². The molecular formula is C18H19FN2O3S2. The van der Waals surface area contributed by atoms with Crippen molar-refractivity contribution in [1.82, 2.24) is 5.43 Å². The maximum absolute atomic E-state index is 12.8. The molecule has 0 saturated carbocycles. The molecule has 2 aromatic carbocycles. The van der Waals surface area contributed by atoms with Gasteiger partial charge in [0.25, 0.3) is 0 Å². The Kier molecular flexibility index (Phi) is 6.93. The molecular weight excluding hydrogens is 375 g/mol. The maximum atomic E-state index is 12.8. The number of thioether (sulfide) groups is 1. The van der Waals surface area contributed by atoms with Gasteiger partial charge in [-0.1, -0.05) is 12.1 Å². The highest BCUT2D eigenvalue weighted by Crippen LogP contribution is 2.18. The fraction of sp³-hybridized carbons (Fsp3) is 0.222. The summed E-state index contributed by atoms with van der Waals surface area (Å²) >= 11 is 1.46. The summed E-state index contributed by atoms with van der Waals surface area (Å²) in [5, 5.41) is 4.03. The van der Waals surface area contributed by atoms with Gasteiger partial charge >= 0.3 is 0 Å². The third-order valence-electron chi connectivity index (χ3n) is 3.46. The van der Waals surface area contributed by atoms with Crippen molar-refractivity contribution in [2.24, 2.45) is 5.10 Å². The molecule has 0 bridgehead atoms. The van der Waals surface area contributed by atoms with Crippen LogP contribution >= 0.6 is 11.8 Å². The van der Waals surface area contributed by atoms with Crippen LogP contribution in [0.3, 0.4) is 0 Å². The Hall–Kier alpha value is -2.19. The molecule has 0 heterocycles. The van der Waals surface area contributed by atoms with Gasteiger partial charge in [-0.3, -0.25) is 4.79 Å². The van der Waals surface area contributed by atoms with Crippen molar-refractivity contribution in [3.05, 3.63) is 59.9 Å². The highest BCUT2D eigenvalue weighted by Gasteiger charge is 2.07. The lowest BCUT2D eigenvalue weighted by Crippen LogP contribution is -2.19. The lowest BCUT2D eigenvalue weighted by molar-refractivity contribution is -0.120. The van der Waals surface area contributed by atoms with E-state index in [2.05, 4.69) is 10.5 Å². The average molecular weight is 394 g/mol. The summed E-state index contributed by atoms with van der Waals surface area (Å²) in [6, 6.07) is 12.4. The third-order valence-corrected chi connectivity index (χ3v) is 5.60. The molecule has 1 N–H and O–H groups in total. The molecule has 0 saturated heterocycles. The Balaban J connectivity index is 1.83. The van der Waals surface area contributed by atoms with E-state index in [1.807, 2.05) is 0 Å². The molecule has 26 heavy (non-hydrogen) atoms. The van der Waals surface area contributed by atoms with Crippen LogP contribution in [0.25, 0.3) is 0 Å². The number of hydrogen-bond acceptors (Lipinski definition) is 5. The van der Waals surface area contributed by atoms with Gasteiger partial charge in [0.15, 0.2) is 9.84 Å². The van der Waals surface area contributed by atoms with Crippen molar-refractivity contribution < 1.29 is 17.6 Å². The number of halogens is 1. The SMILES string of the molecule is C/C(=N/NC(=O)CCSc1ccc(F)cc1)c1ccc(S(C)(=O)=O)cc1. The van der Waals surface area contributed by atoms with Gasteiger partial charge in [-0.05, 0) is 48.9 Å². The molecule has 0 atom stereocenters. The van der Waals surface area contributed by atoms with Gasteiger partial charge < -0.3 is 0 Å². The van der Waals surface area contributed by atoms with Crippen molar-refractivity contribution in [3.63, 3.8) is 0 Å². The number of carbonyl (C=O) groups excluding carboxylic acids is 1. The minimum absolute atomic E-state index is 0.230. The van der Waals surface area contributed by atoms with Gasteiger partial charge in [0.2, 0.25) is 5.91 Å². The molecule has 2 rings (SSSR count). The summed E-state index contributed by atoms with van der Waals surface area (Å²) in [5.74, 6) is 0.0305. The summed E-state index contributed by atoms with van der Waals surface area (Å²) in [4.78, 5) is 13.0. The van der Waals surface area contributed by atoms with E-state index in [9.17, 15) is 17.6 Å². The molecule has 0 spiro atoms. The van der Waals surface area contributed by atoms with E-state index in [0.29, 0.717) is 11.5 Å². The lowest BCUT2D eigenvalue weighted by Gasteiger charge is -2.04. The van der Waals surface area contributed by atoms with Crippen molar-refractivity contribution in [2.45, 2.75) is 23.1 Å². The predicted molar refractivity (Wildman–Crippen MR) is 102 cm³/mol. The molecule has 0 unspecified atom stereocenters. The van der Waals surface area contributed by atoms with Gasteiger partial charge in [0, 0.05) is 23.3 Å². The first-order valence-electron chi connectivity index (χ1n) is 7.78. The van der Waals surface area contributed by atoms with E-state index >= 15 is 0 Å². The van der Waals surface area contributed by atoms with Gasteiger partial charge in [-0.2, -0.15) is 5.10 Å². The van der Waals surface area contributed by atoms with Crippen LogP contribution in [-0.4, -0.2) is 32.0 Å². The number of nitrogens with zero attached hydrogens (tertiary/aromatic N) is 1. The number of nitrogens with one attached hydrogen (secondary N) is 1. The van der Waals surface area contributed by atoms with Crippen LogP contribution in [0.1, 0.15) is 18.9 Å². The Bertz CT molecular complexity index is 893. The van der Waals surface area contributed by atoms with Gasteiger partial charge in [-0.25, -0.2) is 18.2 Å². The Morgan fingerprint density at radius 3 is 2.31 bits per heavy atom. The maximum Gasteiger partial charge on any atom is 0.240 e. The standard InChI is InChI=1S/C18H19FN2O3S2/c1-13(14-3-9-17(10-4-14)26(2,23)24)20-21-18(22)11-12-25-16-7-5-15(19)6-8-16/h3-10H,11-12H2,1-2H3,(H,21,22)/b20-13-. The average Bonchev–Trinajstić information content (AvgIpc) is 2.61. The van der Waals surface area contributed by atoms with Crippen molar-refractivity contribution in [3.8, 4) is 0 Å². The summed E-state index contributed by atoms with van der Waals surface area (Å²) in [5.41, 5.74) is 3.77. The van der Waals surface area contributed by atoms with Crippen LogP contribution in [0, 0.1) is 5.82 Å². The lowest BCUT2D eigenvalue weighted by atomic mass is 10.1. The van der Waals surface area contributed by atoms with E-state index in [0.717, 1.165) is 16.7 Å². The topological polar surface area (TPSA) is 75.6 Å². The van der Waals surface area contributed by atoms with Crippen LogP contribution in [0.5, 0.6) is 0 Å². The molecule has 2 aromatic rings. The highest BCUT2D eigenvalue weighted by atomic mass is 32.2. The third kappa shape index (κ3) is 6.27. The Labute approximate surface area is 156 Å². The number of rotatable bonds is 7. The van der Waals surface area contributed by atoms with Crippen LogP contribution in [0.2, 0.25) is 0 Å². The van der Waals surface area contributed by atoms with Gasteiger partial charge in [0.1, 0.15) is 5.82 Å². The summed E-state index contributed by atoms with van der Waals surface area (Å²) in [6.07, 6.45) is 1.42. The fourth-order valence-corrected chi connectivity index (χ4v) is 3.48. The molecule has 0 radical (unpaired) electrons. The first kappa shape index (κ1) is 20.1. The van der Waals surface area contributed by atoms with E-state index < -0.39 is 9.84 Å². The second-order valence-corrected chi connectivity index (χ2v) is 8.77. The minimum atomic E-state index is -3.24. The van der Waals surface area contributed by atoms with Crippen LogP contribution < -0.4 is 5.43 Å². The van der Waals surface area contributed by atoms with Gasteiger partial charge in [-0.15, -0.1) is 11.8 Å². The number of hydrazone groups is 1. The minimum Gasteiger partial charge on any atom is -0.273 e. The normalized spacial score (nSPS) is 12.0. The molecule has 0 fully saturated rings. The number of amides is 1. The largest absolute Gasteiger partial charge is 0.273 e. The van der Waals surface area contributed by atoms with E-state index in [-0.39, 0.29) is 23.0 Å². The van der Waals surface area contributed by atoms with Crippen molar-refractivity contribution in [1.29, 1.82) is 0 Å². The quantitative estimate of drug-likeness (QED) is 0.444. The summed E-state index contributed by atoms with van der Waals surface area (Å²) < 4.78 is 35.7. The van der Waals surface area contributed by atoms with E-state index in [4.69, 9.17) is 0 Å². The Morgan fingerprint density at radius 2 is 1.73 bits per heavy atom. The second-order valence-electron chi connectivity index (χ2n) is 5.58. The number of sulfone groups is 1. The number of carbonyl (C=O) groups is 1. The van der Waals surface area contributed by atoms with E-state index in [1.165, 1.54) is 36.0 Å². The number of hydrogen-bond donors (Lipinski definition) is 1. The van der Waals surface area contributed by atoms with Crippen molar-refractivity contribution in [2.75, 3.05) is 12.0 Å². The molecule has 0 aliphatic carbocycles. The first-order chi connectivity index (χ1) is 12.3. The van der Waals surface area contributed by atoms with Gasteiger partial charge in [0.05, 0.1) is 10.6 Å². The molecule has 1 amide bonds. The highest BCUT2D eigenvalue weighted by molar-refractivity contribution is 7.99. The second kappa shape index (κ2) is 8.95. The number of benzene rings is 2. The van der Waals surface area contributed by atoms with E-state index in [1.54, 1.807) is 31.2 Å². The summed E-state index contributed by atoms with van der Waals surface area (Å²) in [7, 11) is -3.24. The molecule has 0 aliphatic rings. The zero-order valence-corrected chi connectivity index (χ0v) is 16.0. The van der Waals surface area contributed by atoms with Crippen LogP contribution in [0.4, 0.5) is 4.39 Å². The molecule has 8 heteroatoms. The fourth-order valence-electron chi connectivity index (χ4n) is 2.00.